The smallest absolute Gasteiger partial charge is 0.250 e. The van der Waals surface area contributed by atoms with Crippen LogP contribution in [0.5, 0.6) is 5.75 Å². The molecule has 1 aromatic rings. The van der Waals surface area contributed by atoms with E-state index in [0.29, 0.717) is 0 Å². The summed E-state index contributed by atoms with van der Waals surface area (Å²) >= 11 is 4.63. The lowest BCUT2D eigenvalue weighted by atomic mass is 9.86. The summed E-state index contributed by atoms with van der Waals surface area (Å²) < 4.78 is 6.49. The highest BCUT2D eigenvalue weighted by molar-refractivity contribution is 7.80. The molecule has 0 amide bonds. The lowest BCUT2D eigenvalue weighted by Crippen LogP contribution is -2.44. The first-order valence-corrected chi connectivity index (χ1v) is 10.6. The normalized spacial score (nSPS) is 13.5. The number of hydrogen-bond acceptors (Lipinski definition) is 2. The minimum absolute atomic E-state index is 0.0797. The van der Waals surface area contributed by atoms with Gasteiger partial charge in [-0.05, 0) is 53.7 Å². The van der Waals surface area contributed by atoms with Gasteiger partial charge in [0.15, 0.2) is 0 Å². The largest absolute Gasteiger partial charge is 0.543 e. The summed E-state index contributed by atoms with van der Waals surface area (Å²) in [7, 11) is -1.80. The molecule has 1 nitrogen and oxygen atoms in total. The fraction of sp³-hybridized carbons (Fsp3) is 0.647. The molecule has 0 spiro atoms. The molecule has 0 heterocycles. The number of benzene rings is 1. The summed E-state index contributed by atoms with van der Waals surface area (Å²) in [6.45, 7) is 20.1. The molecule has 1 rings (SSSR count). The van der Waals surface area contributed by atoms with Crippen LogP contribution in [-0.2, 0) is 5.41 Å². The van der Waals surface area contributed by atoms with Crippen molar-refractivity contribution in [2.75, 3.05) is 0 Å². The number of thiol groups is 1. The van der Waals surface area contributed by atoms with E-state index in [9.17, 15) is 0 Å². The van der Waals surface area contributed by atoms with Crippen molar-refractivity contribution in [3.63, 3.8) is 0 Å². The molecule has 0 saturated heterocycles. The molecular weight excluding hydrogens is 280 g/mol. The Labute approximate surface area is 131 Å². The van der Waals surface area contributed by atoms with Crippen molar-refractivity contribution in [3.8, 4) is 5.75 Å². The summed E-state index contributed by atoms with van der Waals surface area (Å²) in [5.74, 6) is 1.03. The molecule has 114 valence electrons. The van der Waals surface area contributed by atoms with Crippen LogP contribution in [0.15, 0.2) is 17.0 Å². The SMILES string of the molecule is Cc1cc(S)c(C(C)(C)C)cc1O[Si](C)(C)C(C)(C)C. The van der Waals surface area contributed by atoms with Gasteiger partial charge in [0.25, 0.3) is 0 Å². The minimum Gasteiger partial charge on any atom is -0.543 e. The number of aryl methyl sites for hydroxylation is 1. The highest BCUT2D eigenvalue weighted by Gasteiger charge is 2.39. The van der Waals surface area contributed by atoms with Crippen molar-refractivity contribution in [1.82, 2.24) is 0 Å². The van der Waals surface area contributed by atoms with E-state index in [1.165, 1.54) is 11.1 Å². The van der Waals surface area contributed by atoms with Gasteiger partial charge < -0.3 is 4.43 Å². The average molecular weight is 311 g/mol. The maximum atomic E-state index is 6.49. The Morgan fingerprint density at radius 3 is 1.90 bits per heavy atom. The van der Waals surface area contributed by atoms with Gasteiger partial charge in [-0.15, -0.1) is 12.6 Å². The van der Waals surface area contributed by atoms with Gasteiger partial charge in [0.1, 0.15) is 5.75 Å². The third-order valence-corrected chi connectivity index (χ3v) is 8.99. The van der Waals surface area contributed by atoms with Crippen LogP contribution >= 0.6 is 12.6 Å². The van der Waals surface area contributed by atoms with E-state index < -0.39 is 8.32 Å². The Morgan fingerprint density at radius 1 is 1.00 bits per heavy atom. The second kappa shape index (κ2) is 5.41. The van der Waals surface area contributed by atoms with Gasteiger partial charge >= 0.3 is 0 Å². The van der Waals surface area contributed by atoms with Gasteiger partial charge in [0, 0.05) is 4.90 Å². The Balaban J connectivity index is 3.27. The molecule has 20 heavy (non-hydrogen) atoms. The van der Waals surface area contributed by atoms with Crippen molar-refractivity contribution in [3.05, 3.63) is 23.3 Å². The van der Waals surface area contributed by atoms with Crippen LogP contribution in [-0.4, -0.2) is 8.32 Å². The predicted octanol–water partition coefficient (Wildman–Crippen LogP) is 5.97. The highest BCUT2D eigenvalue weighted by Crippen LogP contribution is 2.40. The van der Waals surface area contributed by atoms with E-state index in [-0.39, 0.29) is 10.5 Å². The maximum Gasteiger partial charge on any atom is 0.250 e. The molecule has 0 radical (unpaired) electrons. The molecule has 0 bridgehead atoms. The standard InChI is InChI=1S/C17H30OSSi/c1-12-10-15(19)13(16(2,3)4)11-14(12)18-20(8,9)17(5,6)7/h10-11,19H,1-9H3. The van der Waals surface area contributed by atoms with Crippen LogP contribution in [0.2, 0.25) is 18.1 Å². The monoisotopic (exact) mass is 310 g/mol. The van der Waals surface area contributed by atoms with Crippen LogP contribution in [0.1, 0.15) is 52.7 Å². The molecule has 0 aliphatic heterocycles. The first-order valence-electron chi connectivity index (χ1n) is 7.29. The van der Waals surface area contributed by atoms with Gasteiger partial charge in [-0.1, -0.05) is 41.5 Å². The maximum absolute atomic E-state index is 6.49. The van der Waals surface area contributed by atoms with Crippen molar-refractivity contribution >= 4 is 20.9 Å². The van der Waals surface area contributed by atoms with E-state index >= 15 is 0 Å². The van der Waals surface area contributed by atoms with Gasteiger partial charge in [0.05, 0.1) is 0 Å². The molecule has 0 aliphatic rings. The third-order valence-electron chi connectivity index (χ3n) is 4.27. The Bertz CT molecular complexity index is 493. The second-order valence-corrected chi connectivity index (χ2v) is 13.5. The summed E-state index contributed by atoms with van der Waals surface area (Å²) in [5.41, 5.74) is 2.50. The summed E-state index contributed by atoms with van der Waals surface area (Å²) in [6, 6.07) is 4.32. The van der Waals surface area contributed by atoms with Crippen LogP contribution in [0.3, 0.4) is 0 Å². The molecule has 0 saturated carbocycles. The van der Waals surface area contributed by atoms with Crippen molar-refractivity contribution in [2.24, 2.45) is 0 Å². The molecule has 0 atom stereocenters. The zero-order valence-corrected chi connectivity index (χ0v) is 16.4. The number of rotatable bonds is 2. The Morgan fingerprint density at radius 2 is 1.50 bits per heavy atom. The fourth-order valence-electron chi connectivity index (χ4n) is 1.81. The van der Waals surface area contributed by atoms with Crippen molar-refractivity contribution in [1.29, 1.82) is 0 Å². The first kappa shape index (κ1) is 17.6. The second-order valence-electron chi connectivity index (χ2n) is 8.25. The zero-order chi connectivity index (χ0) is 15.9. The van der Waals surface area contributed by atoms with E-state index in [1.807, 2.05) is 0 Å². The first-order chi connectivity index (χ1) is 8.75. The lowest BCUT2D eigenvalue weighted by molar-refractivity contribution is 0.484. The molecule has 3 heteroatoms. The Hall–Kier alpha value is -0.413. The van der Waals surface area contributed by atoms with Gasteiger partial charge in [-0.25, -0.2) is 0 Å². The van der Waals surface area contributed by atoms with E-state index in [1.54, 1.807) is 0 Å². The fourth-order valence-corrected chi connectivity index (χ4v) is 3.48. The quantitative estimate of drug-likeness (QED) is 0.523. The van der Waals surface area contributed by atoms with E-state index in [0.717, 1.165) is 10.6 Å². The van der Waals surface area contributed by atoms with Crippen LogP contribution in [0.4, 0.5) is 0 Å². The zero-order valence-electron chi connectivity index (χ0n) is 14.5. The Kier molecular flexibility index (Phi) is 4.77. The van der Waals surface area contributed by atoms with Gasteiger partial charge in [-0.2, -0.15) is 0 Å². The van der Waals surface area contributed by atoms with Crippen LogP contribution in [0.25, 0.3) is 0 Å². The van der Waals surface area contributed by atoms with E-state index in [4.69, 9.17) is 4.43 Å². The topological polar surface area (TPSA) is 9.23 Å². The van der Waals surface area contributed by atoms with Crippen LogP contribution < -0.4 is 4.43 Å². The summed E-state index contributed by atoms with van der Waals surface area (Å²) in [6.07, 6.45) is 0. The van der Waals surface area contributed by atoms with Gasteiger partial charge in [0.2, 0.25) is 8.32 Å². The molecule has 0 fully saturated rings. The average Bonchev–Trinajstić information content (AvgIpc) is 2.18. The summed E-state index contributed by atoms with van der Waals surface area (Å²) in [4.78, 5) is 1.05. The van der Waals surface area contributed by atoms with E-state index in [2.05, 4.69) is 86.3 Å². The third kappa shape index (κ3) is 3.82. The molecular formula is C17H30OSSi. The van der Waals surface area contributed by atoms with Crippen molar-refractivity contribution < 1.29 is 4.43 Å². The molecule has 0 aliphatic carbocycles. The molecule has 0 N–H and O–H groups in total. The van der Waals surface area contributed by atoms with Crippen LogP contribution in [0, 0.1) is 6.92 Å². The molecule has 0 aromatic heterocycles. The summed E-state index contributed by atoms with van der Waals surface area (Å²) in [5, 5.41) is 0.209. The number of hydrogen-bond donors (Lipinski definition) is 1. The predicted molar refractivity (Wildman–Crippen MR) is 95.0 cm³/mol. The van der Waals surface area contributed by atoms with Crippen molar-refractivity contribution in [2.45, 2.75) is 76.9 Å². The molecule has 0 unspecified atom stereocenters. The highest BCUT2D eigenvalue weighted by atomic mass is 32.1. The minimum atomic E-state index is -1.80. The lowest BCUT2D eigenvalue weighted by Gasteiger charge is -2.37. The molecule has 1 aromatic carbocycles. The van der Waals surface area contributed by atoms with Gasteiger partial charge in [-0.3, -0.25) is 0 Å².